The topological polar surface area (TPSA) is 63.2 Å². The molecular weight excluding hydrogens is 254 g/mol. The third-order valence-electron chi connectivity index (χ3n) is 2.78. The maximum atomic E-state index is 5.93. The number of ether oxygens (including phenoxy) is 1. The molecule has 0 spiro atoms. The fourth-order valence-electron chi connectivity index (χ4n) is 1.97. The van der Waals surface area contributed by atoms with E-state index in [1.165, 1.54) is 12.8 Å². The first-order valence-electron chi connectivity index (χ1n) is 6.11. The highest BCUT2D eigenvalue weighted by molar-refractivity contribution is 6.28. The molecule has 0 saturated carbocycles. The van der Waals surface area contributed by atoms with Gasteiger partial charge in [-0.25, -0.2) is 0 Å². The molecule has 0 radical (unpaired) electrons. The van der Waals surface area contributed by atoms with E-state index in [1.54, 1.807) is 7.11 Å². The van der Waals surface area contributed by atoms with Crippen molar-refractivity contribution in [1.82, 2.24) is 15.0 Å². The van der Waals surface area contributed by atoms with Gasteiger partial charge in [0.15, 0.2) is 0 Å². The summed E-state index contributed by atoms with van der Waals surface area (Å²) >= 11 is 5.93. The molecule has 0 bridgehead atoms. The molecule has 1 aromatic rings. The smallest absolute Gasteiger partial charge is 0.231 e. The van der Waals surface area contributed by atoms with Crippen LogP contribution in [0.25, 0.3) is 0 Å². The highest BCUT2D eigenvalue weighted by Gasteiger charge is 2.17. The lowest BCUT2D eigenvalue weighted by atomic mass is 10.4. The van der Waals surface area contributed by atoms with Gasteiger partial charge in [-0.15, -0.1) is 0 Å². The van der Waals surface area contributed by atoms with Crippen LogP contribution >= 0.6 is 11.6 Å². The van der Waals surface area contributed by atoms with E-state index < -0.39 is 0 Å². The Kier molecular flexibility index (Phi) is 4.54. The number of aromatic nitrogens is 3. The fraction of sp³-hybridized carbons (Fsp3) is 0.727. The number of nitrogens with one attached hydrogen (secondary N) is 1. The minimum absolute atomic E-state index is 0.125. The Balaban J connectivity index is 2.10. The van der Waals surface area contributed by atoms with E-state index in [0.717, 1.165) is 13.1 Å². The Morgan fingerprint density at radius 1 is 1.33 bits per heavy atom. The van der Waals surface area contributed by atoms with Crippen molar-refractivity contribution in [2.45, 2.75) is 25.8 Å². The molecule has 0 aliphatic carbocycles. The van der Waals surface area contributed by atoms with Crippen molar-refractivity contribution in [3.63, 3.8) is 0 Å². The molecule has 1 unspecified atom stereocenters. The van der Waals surface area contributed by atoms with Gasteiger partial charge in [0.25, 0.3) is 0 Å². The van der Waals surface area contributed by atoms with Crippen molar-refractivity contribution >= 4 is 23.5 Å². The molecule has 18 heavy (non-hydrogen) atoms. The number of rotatable bonds is 5. The Morgan fingerprint density at radius 3 is 2.72 bits per heavy atom. The van der Waals surface area contributed by atoms with Crippen molar-refractivity contribution in [3.05, 3.63) is 5.28 Å². The van der Waals surface area contributed by atoms with Crippen molar-refractivity contribution in [1.29, 1.82) is 0 Å². The summed E-state index contributed by atoms with van der Waals surface area (Å²) < 4.78 is 5.06. The normalized spacial score (nSPS) is 16.9. The summed E-state index contributed by atoms with van der Waals surface area (Å²) in [6, 6.07) is 0.125. The van der Waals surface area contributed by atoms with Crippen LogP contribution in [-0.2, 0) is 4.74 Å². The van der Waals surface area contributed by atoms with Crippen LogP contribution in [0.1, 0.15) is 19.8 Å². The van der Waals surface area contributed by atoms with E-state index in [2.05, 4.69) is 25.2 Å². The Labute approximate surface area is 112 Å². The van der Waals surface area contributed by atoms with Crippen molar-refractivity contribution in [3.8, 4) is 0 Å². The Hall–Kier alpha value is -1.14. The van der Waals surface area contributed by atoms with Crippen molar-refractivity contribution in [2.75, 3.05) is 37.0 Å². The minimum atomic E-state index is 0.125. The summed E-state index contributed by atoms with van der Waals surface area (Å²) in [5.41, 5.74) is 0. The summed E-state index contributed by atoms with van der Waals surface area (Å²) in [6.45, 7) is 4.54. The monoisotopic (exact) mass is 271 g/mol. The second kappa shape index (κ2) is 6.15. The number of methoxy groups -OCH3 is 1. The van der Waals surface area contributed by atoms with E-state index in [-0.39, 0.29) is 11.3 Å². The molecule has 2 rings (SSSR count). The molecule has 100 valence electrons. The Morgan fingerprint density at radius 2 is 2.06 bits per heavy atom. The molecule has 0 aromatic carbocycles. The molecule has 1 aliphatic rings. The lowest BCUT2D eigenvalue weighted by Crippen LogP contribution is -2.25. The molecule has 1 aliphatic heterocycles. The predicted molar refractivity (Wildman–Crippen MR) is 71.2 cm³/mol. The SMILES string of the molecule is COCC(C)Nc1nc(Cl)nc(N2CCCC2)n1. The summed E-state index contributed by atoms with van der Waals surface area (Å²) in [4.78, 5) is 14.8. The van der Waals surface area contributed by atoms with Crippen LogP contribution in [0.2, 0.25) is 5.28 Å². The summed E-state index contributed by atoms with van der Waals surface area (Å²) in [5, 5.41) is 3.37. The highest BCUT2D eigenvalue weighted by atomic mass is 35.5. The molecule has 1 saturated heterocycles. The van der Waals surface area contributed by atoms with Gasteiger partial charge >= 0.3 is 0 Å². The second-order valence-electron chi connectivity index (χ2n) is 4.42. The Bertz CT molecular complexity index is 397. The van der Waals surface area contributed by atoms with E-state index in [4.69, 9.17) is 16.3 Å². The van der Waals surface area contributed by atoms with E-state index in [9.17, 15) is 0 Å². The van der Waals surface area contributed by atoms with Crippen LogP contribution in [0.3, 0.4) is 0 Å². The number of hydrogen-bond donors (Lipinski definition) is 1. The minimum Gasteiger partial charge on any atom is -0.383 e. The molecule has 0 amide bonds. The van der Waals surface area contributed by atoms with Crippen LogP contribution in [-0.4, -0.2) is 47.8 Å². The molecule has 1 atom stereocenters. The fourth-order valence-corrected chi connectivity index (χ4v) is 2.13. The zero-order valence-corrected chi connectivity index (χ0v) is 11.4. The molecule has 7 heteroatoms. The van der Waals surface area contributed by atoms with Crippen molar-refractivity contribution in [2.24, 2.45) is 0 Å². The average molecular weight is 272 g/mol. The molecular formula is C11H18ClN5O. The molecule has 2 heterocycles. The molecule has 6 nitrogen and oxygen atoms in total. The van der Waals surface area contributed by atoms with E-state index in [1.807, 2.05) is 6.92 Å². The van der Waals surface area contributed by atoms with Gasteiger partial charge in [-0.05, 0) is 31.4 Å². The van der Waals surface area contributed by atoms with Gasteiger partial charge in [0.05, 0.1) is 6.61 Å². The van der Waals surface area contributed by atoms with Gasteiger partial charge in [-0.2, -0.15) is 15.0 Å². The maximum absolute atomic E-state index is 5.93. The predicted octanol–water partition coefficient (Wildman–Crippen LogP) is 1.57. The zero-order chi connectivity index (χ0) is 13.0. The summed E-state index contributed by atoms with van der Waals surface area (Å²) in [7, 11) is 1.66. The standard InChI is InChI=1S/C11H18ClN5O/c1-8(7-18-2)13-10-14-9(12)15-11(16-10)17-5-3-4-6-17/h8H,3-7H2,1-2H3,(H,13,14,15,16). The summed E-state index contributed by atoms with van der Waals surface area (Å²) in [6.07, 6.45) is 2.35. The van der Waals surface area contributed by atoms with Gasteiger partial charge in [0.2, 0.25) is 17.2 Å². The van der Waals surface area contributed by atoms with Crippen LogP contribution in [0.5, 0.6) is 0 Å². The van der Waals surface area contributed by atoms with Crippen LogP contribution in [0.4, 0.5) is 11.9 Å². The number of halogens is 1. The number of nitrogens with zero attached hydrogens (tertiary/aromatic N) is 4. The van der Waals surface area contributed by atoms with Gasteiger partial charge in [0.1, 0.15) is 0 Å². The van der Waals surface area contributed by atoms with Crippen LogP contribution in [0.15, 0.2) is 0 Å². The molecule has 1 N–H and O–H groups in total. The lowest BCUT2D eigenvalue weighted by Gasteiger charge is -2.17. The third kappa shape index (κ3) is 3.43. The number of anilines is 2. The first-order valence-corrected chi connectivity index (χ1v) is 6.49. The number of hydrogen-bond acceptors (Lipinski definition) is 6. The maximum Gasteiger partial charge on any atom is 0.231 e. The lowest BCUT2D eigenvalue weighted by molar-refractivity contribution is 0.190. The van der Waals surface area contributed by atoms with Crippen molar-refractivity contribution < 1.29 is 4.74 Å². The largest absolute Gasteiger partial charge is 0.383 e. The van der Waals surface area contributed by atoms with Gasteiger partial charge in [-0.3, -0.25) is 0 Å². The average Bonchev–Trinajstić information content (AvgIpc) is 2.81. The molecule has 1 fully saturated rings. The van der Waals surface area contributed by atoms with Crippen LogP contribution in [0, 0.1) is 0 Å². The first kappa shape index (κ1) is 13.3. The molecule has 1 aromatic heterocycles. The third-order valence-corrected chi connectivity index (χ3v) is 2.95. The summed E-state index contributed by atoms with van der Waals surface area (Å²) in [5.74, 6) is 1.15. The van der Waals surface area contributed by atoms with Gasteiger partial charge in [-0.1, -0.05) is 0 Å². The first-order chi connectivity index (χ1) is 8.69. The van der Waals surface area contributed by atoms with E-state index in [0.29, 0.717) is 18.5 Å². The van der Waals surface area contributed by atoms with E-state index >= 15 is 0 Å². The zero-order valence-electron chi connectivity index (χ0n) is 10.7. The second-order valence-corrected chi connectivity index (χ2v) is 4.76. The van der Waals surface area contributed by atoms with Gasteiger partial charge in [0, 0.05) is 26.2 Å². The van der Waals surface area contributed by atoms with Crippen LogP contribution < -0.4 is 10.2 Å². The highest BCUT2D eigenvalue weighted by Crippen LogP contribution is 2.18. The quantitative estimate of drug-likeness (QED) is 0.877. The van der Waals surface area contributed by atoms with Gasteiger partial charge < -0.3 is 15.0 Å².